The second-order valence-corrected chi connectivity index (χ2v) is 7.94. The van der Waals surface area contributed by atoms with Crippen LogP contribution in [0.15, 0.2) is 48.5 Å². The first-order valence-corrected chi connectivity index (χ1v) is 9.78. The smallest absolute Gasteiger partial charge is 0.343 e. The first-order valence-electron chi connectivity index (χ1n) is 9.40. The minimum absolute atomic E-state index is 0.191. The summed E-state index contributed by atoms with van der Waals surface area (Å²) in [4.78, 5) is 39.6. The summed E-state index contributed by atoms with van der Waals surface area (Å²) in [6.07, 6.45) is 2.39. The molecule has 1 saturated heterocycles. The lowest BCUT2D eigenvalue weighted by Crippen LogP contribution is -2.31. The van der Waals surface area contributed by atoms with Crippen LogP contribution in [0.5, 0.6) is 5.75 Å². The fraction of sp³-hybridized carbons (Fsp3) is 0.318. The lowest BCUT2D eigenvalue weighted by atomic mass is 9.76. The van der Waals surface area contributed by atoms with Crippen molar-refractivity contribution in [1.29, 1.82) is 0 Å². The standard InChI is InChI=1S/C22H20ClNO4/c1-13-6-11-16-17(12-13)21(26)24(20(16)25)18-4-2-3-5-19(18)28-22(27)14-7-9-15(23)10-8-14/h2-5,7-10,13,16-17H,6,11-12H2,1H3/t13-,16-,17+/m1/s1. The van der Waals surface area contributed by atoms with Crippen LogP contribution in [0.2, 0.25) is 5.02 Å². The van der Waals surface area contributed by atoms with Gasteiger partial charge in [0.05, 0.1) is 23.1 Å². The maximum Gasteiger partial charge on any atom is 0.343 e. The maximum atomic E-state index is 13.0. The molecule has 0 bridgehead atoms. The van der Waals surface area contributed by atoms with E-state index in [1.807, 2.05) is 0 Å². The first-order chi connectivity index (χ1) is 13.5. The van der Waals surface area contributed by atoms with Crippen molar-refractivity contribution in [3.63, 3.8) is 0 Å². The van der Waals surface area contributed by atoms with Gasteiger partial charge in [-0.1, -0.05) is 30.7 Å². The number of halogens is 1. The van der Waals surface area contributed by atoms with E-state index < -0.39 is 5.97 Å². The molecule has 5 nitrogen and oxygen atoms in total. The van der Waals surface area contributed by atoms with Crippen molar-refractivity contribution < 1.29 is 19.1 Å². The van der Waals surface area contributed by atoms with Crippen molar-refractivity contribution in [3.05, 3.63) is 59.1 Å². The van der Waals surface area contributed by atoms with Gasteiger partial charge in [-0.3, -0.25) is 9.59 Å². The van der Waals surface area contributed by atoms with Gasteiger partial charge < -0.3 is 4.74 Å². The van der Waals surface area contributed by atoms with E-state index in [0.29, 0.717) is 22.2 Å². The monoisotopic (exact) mass is 397 g/mol. The summed E-state index contributed by atoms with van der Waals surface area (Å²) in [5.74, 6) is -0.908. The summed E-state index contributed by atoms with van der Waals surface area (Å²) >= 11 is 5.86. The Labute approximate surface area is 168 Å². The largest absolute Gasteiger partial charge is 0.421 e. The summed E-state index contributed by atoms with van der Waals surface area (Å²) in [5, 5.41) is 0.516. The van der Waals surface area contributed by atoms with E-state index in [9.17, 15) is 14.4 Å². The predicted molar refractivity (Wildman–Crippen MR) is 105 cm³/mol. The van der Waals surface area contributed by atoms with E-state index in [4.69, 9.17) is 16.3 Å². The van der Waals surface area contributed by atoms with Gasteiger partial charge in [-0.05, 0) is 61.6 Å². The highest BCUT2D eigenvalue weighted by Crippen LogP contribution is 2.44. The number of esters is 1. The van der Waals surface area contributed by atoms with Crippen LogP contribution >= 0.6 is 11.6 Å². The van der Waals surface area contributed by atoms with Crippen LogP contribution < -0.4 is 9.64 Å². The highest BCUT2D eigenvalue weighted by Gasteiger charge is 2.50. The van der Waals surface area contributed by atoms with E-state index >= 15 is 0 Å². The van der Waals surface area contributed by atoms with Crippen LogP contribution in [0.1, 0.15) is 36.5 Å². The Morgan fingerprint density at radius 3 is 2.43 bits per heavy atom. The molecule has 2 aromatic carbocycles. The first kappa shape index (κ1) is 18.7. The summed E-state index contributed by atoms with van der Waals surface area (Å²) in [7, 11) is 0. The molecule has 144 valence electrons. The average Bonchev–Trinajstić information content (AvgIpc) is 2.93. The molecule has 1 saturated carbocycles. The number of rotatable bonds is 3. The quantitative estimate of drug-likeness (QED) is 0.435. The number of hydrogen-bond donors (Lipinski definition) is 0. The number of para-hydroxylation sites is 2. The Kier molecular flexibility index (Phi) is 4.94. The van der Waals surface area contributed by atoms with Gasteiger partial charge in [0, 0.05) is 5.02 Å². The highest BCUT2D eigenvalue weighted by atomic mass is 35.5. The minimum atomic E-state index is -0.575. The van der Waals surface area contributed by atoms with Gasteiger partial charge in [-0.25, -0.2) is 9.69 Å². The Bertz CT molecular complexity index is 940. The number of amides is 2. The topological polar surface area (TPSA) is 63.7 Å². The maximum absolute atomic E-state index is 13.0. The molecule has 3 atom stereocenters. The van der Waals surface area contributed by atoms with Crippen LogP contribution in [0, 0.1) is 17.8 Å². The average molecular weight is 398 g/mol. The van der Waals surface area contributed by atoms with Gasteiger partial charge in [0.25, 0.3) is 0 Å². The third kappa shape index (κ3) is 3.31. The lowest BCUT2D eigenvalue weighted by Gasteiger charge is -2.25. The number of anilines is 1. The van der Waals surface area contributed by atoms with E-state index in [2.05, 4.69) is 6.92 Å². The molecule has 6 heteroatoms. The third-order valence-electron chi connectivity index (χ3n) is 5.58. The van der Waals surface area contributed by atoms with Gasteiger partial charge in [0.1, 0.15) is 0 Å². The van der Waals surface area contributed by atoms with E-state index in [0.717, 1.165) is 19.3 Å². The van der Waals surface area contributed by atoms with Gasteiger partial charge in [0.15, 0.2) is 5.75 Å². The fourth-order valence-electron chi connectivity index (χ4n) is 4.10. The molecule has 0 N–H and O–H groups in total. The minimum Gasteiger partial charge on any atom is -0.421 e. The molecule has 0 unspecified atom stereocenters. The molecule has 1 aliphatic carbocycles. The fourth-order valence-corrected chi connectivity index (χ4v) is 4.23. The Morgan fingerprint density at radius 2 is 1.68 bits per heavy atom. The number of nitrogens with zero attached hydrogens (tertiary/aromatic N) is 1. The van der Waals surface area contributed by atoms with Crippen LogP contribution in [-0.4, -0.2) is 17.8 Å². The van der Waals surface area contributed by atoms with Crippen LogP contribution in [0.25, 0.3) is 0 Å². The molecule has 4 rings (SSSR count). The molecule has 2 aromatic rings. The number of hydrogen-bond acceptors (Lipinski definition) is 4. The molecule has 2 aliphatic rings. The molecule has 1 heterocycles. The van der Waals surface area contributed by atoms with Crippen molar-refractivity contribution in [2.45, 2.75) is 26.2 Å². The number of carbonyl (C=O) groups excluding carboxylic acids is 3. The number of carbonyl (C=O) groups is 3. The second-order valence-electron chi connectivity index (χ2n) is 7.51. The third-order valence-corrected chi connectivity index (χ3v) is 5.83. The molecule has 1 aliphatic heterocycles. The number of fused-ring (bicyclic) bond motifs is 1. The molecule has 0 radical (unpaired) electrons. The van der Waals surface area contributed by atoms with E-state index in [1.54, 1.807) is 48.5 Å². The van der Waals surface area contributed by atoms with Crippen molar-refractivity contribution in [2.24, 2.45) is 17.8 Å². The molecular formula is C22H20ClNO4. The summed E-state index contributed by atoms with van der Waals surface area (Å²) in [6, 6.07) is 13.0. The normalized spacial score (nSPS) is 24.2. The molecule has 0 spiro atoms. The zero-order chi connectivity index (χ0) is 19.8. The summed E-state index contributed by atoms with van der Waals surface area (Å²) in [5.41, 5.74) is 0.655. The summed E-state index contributed by atoms with van der Waals surface area (Å²) in [6.45, 7) is 2.11. The van der Waals surface area contributed by atoms with E-state index in [-0.39, 0.29) is 29.4 Å². The zero-order valence-electron chi connectivity index (χ0n) is 15.4. The van der Waals surface area contributed by atoms with Gasteiger partial charge >= 0.3 is 5.97 Å². The molecule has 0 aromatic heterocycles. The second kappa shape index (κ2) is 7.40. The number of benzene rings is 2. The van der Waals surface area contributed by atoms with Crippen molar-refractivity contribution >= 4 is 35.1 Å². The molecule has 28 heavy (non-hydrogen) atoms. The van der Waals surface area contributed by atoms with Gasteiger partial charge in [-0.15, -0.1) is 0 Å². The Hall–Kier alpha value is -2.66. The van der Waals surface area contributed by atoms with Gasteiger partial charge in [0.2, 0.25) is 11.8 Å². The molecule has 2 fully saturated rings. The molecular weight excluding hydrogens is 378 g/mol. The number of imide groups is 1. The lowest BCUT2D eigenvalue weighted by molar-refractivity contribution is -0.122. The van der Waals surface area contributed by atoms with Crippen molar-refractivity contribution in [3.8, 4) is 5.75 Å². The van der Waals surface area contributed by atoms with Crippen LogP contribution in [0.4, 0.5) is 5.69 Å². The van der Waals surface area contributed by atoms with Gasteiger partial charge in [-0.2, -0.15) is 0 Å². The zero-order valence-corrected chi connectivity index (χ0v) is 16.2. The Morgan fingerprint density at radius 1 is 1.00 bits per heavy atom. The van der Waals surface area contributed by atoms with Crippen LogP contribution in [-0.2, 0) is 9.59 Å². The van der Waals surface area contributed by atoms with Crippen LogP contribution in [0.3, 0.4) is 0 Å². The van der Waals surface area contributed by atoms with E-state index in [1.165, 1.54) is 4.90 Å². The highest BCUT2D eigenvalue weighted by molar-refractivity contribution is 6.30. The number of ether oxygens (including phenoxy) is 1. The molecule has 2 amide bonds. The van der Waals surface area contributed by atoms with Crippen molar-refractivity contribution in [1.82, 2.24) is 0 Å². The Balaban J connectivity index is 1.63. The van der Waals surface area contributed by atoms with Crippen molar-refractivity contribution in [2.75, 3.05) is 4.90 Å². The summed E-state index contributed by atoms with van der Waals surface area (Å²) < 4.78 is 5.53. The SMILES string of the molecule is C[C@@H]1CC[C@H]2C(=O)N(c3ccccc3OC(=O)c3ccc(Cl)cc3)C(=O)[C@H]2C1. The predicted octanol–water partition coefficient (Wildman–Crippen LogP) is 4.48.